The smallest absolute Gasteiger partial charge is 0.395 e. The molecule has 1 aliphatic carbocycles. The zero-order chi connectivity index (χ0) is 29.9. The number of hydrogen-bond donors (Lipinski definition) is 1. The first-order valence-electron chi connectivity index (χ1n) is 15.2. The number of allylic oxidation sites excluding steroid dienone is 1. The average molecular weight is 642 g/mol. The maximum atomic E-state index is 13.1. The molecule has 1 aromatic carbocycles. The van der Waals surface area contributed by atoms with Gasteiger partial charge in [-0.2, -0.15) is 0 Å². The van der Waals surface area contributed by atoms with E-state index in [0.29, 0.717) is 29.9 Å². The molecular weight excluding hydrogens is 587 g/mol. The van der Waals surface area contributed by atoms with Crippen LogP contribution >= 0.6 is 23.8 Å². The summed E-state index contributed by atoms with van der Waals surface area (Å²) in [6, 6.07) is 7.08. The number of alkyl halides is 1. The van der Waals surface area contributed by atoms with Gasteiger partial charge >= 0.3 is 7.82 Å². The highest BCUT2D eigenvalue weighted by Crippen LogP contribution is 2.53. The van der Waals surface area contributed by atoms with Crippen LogP contribution in [0.1, 0.15) is 125 Å². The van der Waals surface area contributed by atoms with Crippen molar-refractivity contribution in [1.29, 1.82) is 0 Å². The summed E-state index contributed by atoms with van der Waals surface area (Å²) in [7, 11) is -4.42. The molecule has 0 spiro atoms. The van der Waals surface area contributed by atoms with Crippen LogP contribution in [0, 0.1) is 10.8 Å². The molecule has 5 nitrogen and oxygen atoms in total. The zero-order valence-corrected chi connectivity index (χ0v) is 28.5. The molecule has 0 radical (unpaired) electrons. The zero-order valence-electron chi connectivity index (χ0n) is 26.1. The number of unbranched alkanes of at least 4 members (excludes halogenated alkanes) is 9. The van der Waals surface area contributed by atoms with Crippen molar-refractivity contribution in [1.82, 2.24) is 0 Å². The Kier molecular flexibility index (Phi) is 14.0. The highest BCUT2D eigenvalue weighted by atomic mass is 79.9. The molecule has 2 unspecified atom stereocenters. The normalized spacial score (nSPS) is 19.5. The summed E-state index contributed by atoms with van der Waals surface area (Å²) in [5.74, 6) is 0.682. The van der Waals surface area contributed by atoms with Gasteiger partial charge in [-0.1, -0.05) is 134 Å². The van der Waals surface area contributed by atoms with Gasteiger partial charge in [-0.25, -0.2) is 4.57 Å². The van der Waals surface area contributed by atoms with Gasteiger partial charge in [0, 0.05) is 18.4 Å². The molecule has 40 heavy (non-hydrogen) atoms. The Bertz CT molecular complexity index is 1020. The second kappa shape index (κ2) is 16.0. The van der Waals surface area contributed by atoms with Gasteiger partial charge in [-0.3, -0.25) is 4.89 Å². The van der Waals surface area contributed by atoms with Crippen molar-refractivity contribution in [3.63, 3.8) is 0 Å². The summed E-state index contributed by atoms with van der Waals surface area (Å²) in [6.45, 7) is 15.8. The minimum Gasteiger partial charge on any atom is -0.395 e. The van der Waals surface area contributed by atoms with Gasteiger partial charge in [0.05, 0.1) is 5.60 Å². The first-order chi connectivity index (χ1) is 18.7. The maximum absolute atomic E-state index is 13.1. The second-order valence-electron chi connectivity index (χ2n) is 13.2. The van der Waals surface area contributed by atoms with Crippen LogP contribution in [0.4, 0.5) is 0 Å². The molecule has 0 aromatic heterocycles. The van der Waals surface area contributed by atoms with E-state index in [2.05, 4.69) is 64.4 Å². The Morgan fingerprint density at radius 3 is 2.08 bits per heavy atom. The molecule has 2 atom stereocenters. The van der Waals surface area contributed by atoms with Crippen LogP contribution in [0.15, 0.2) is 47.7 Å². The third-order valence-electron chi connectivity index (χ3n) is 7.76. The maximum Gasteiger partial charge on any atom is 0.584 e. The van der Waals surface area contributed by atoms with E-state index in [9.17, 15) is 9.46 Å². The fourth-order valence-corrected chi connectivity index (χ4v) is 6.26. The number of halogens is 1. The fourth-order valence-electron chi connectivity index (χ4n) is 5.08. The SMILES string of the molecule is CCCCCCCCCCCCOC1(C(C)(C)C)C=CC(OP(=O)(O)Oc2cccc(CBr)c2)=C(C(C)(C)C)C1. The second-order valence-corrected chi connectivity index (χ2v) is 15.1. The molecule has 2 rings (SSSR count). The predicted molar refractivity (Wildman–Crippen MR) is 171 cm³/mol. The Morgan fingerprint density at radius 1 is 0.925 bits per heavy atom. The van der Waals surface area contributed by atoms with Gasteiger partial charge in [0.2, 0.25) is 0 Å². The fraction of sp³-hybridized carbons (Fsp3) is 0.697. The number of benzene rings is 1. The van der Waals surface area contributed by atoms with Gasteiger partial charge in [0.15, 0.2) is 0 Å². The van der Waals surface area contributed by atoms with Gasteiger partial charge < -0.3 is 13.8 Å². The summed E-state index contributed by atoms with van der Waals surface area (Å²) >= 11 is 3.41. The van der Waals surface area contributed by atoms with Crippen molar-refractivity contribution in [2.24, 2.45) is 10.8 Å². The number of phosphoric acid groups is 1. The van der Waals surface area contributed by atoms with Crippen molar-refractivity contribution in [3.8, 4) is 5.75 Å². The van der Waals surface area contributed by atoms with Crippen molar-refractivity contribution in [3.05, 3.63) is 53.3 Å². The third-order valence-corrected chi connectivity index (χ3v) is 9.28. The van der Waals surface area contributed by atoms with Crippen molar-refractivity contribution >= 4 is 23.8 Å². The Labute approximate surface area is 252 Å². The molecule has 0 saturated carbocycles. The molecule has 1 aromatic rings. The highest BCUT2D eigenvalue weighted by Gasteiger charge is 2.46. The van der Waals surface area contributed by atoms with Crippen LogP contribution in [-0.4, -0.2) is 17.1 Å². The third kappa shape index (κ3) is 11.3. The lowest BCUT2D eigenvalue weighted by atomic mass is 9.66. The first kappa shape index (κ1) is 35.1. The Hall–Kier alpha value is -1.07. The standard InChI is InChI=1S/C33H54BrO5P/c1-8-9-10-11-12-13-14-15-16-17-23-37-33(32(5,6)7)22-21-30(29(25-33)31(2,3)4)39-40(35,36)38-28-20-18-19-27(24-28)26-34/h18-22,24H,8-17,23,25-26H2,1-7H3,(H,35,36). The van der Waals surface area contributed by atoms with Crippen LogP contribution in [0.3, 0.4) is 0 Å². The molecule has 0 fully saturated rings. The van der Waals surface area contributed by atoms with E-state index >= 15 is 0 Å². The lowest BCUT2D eigenvalue weighted by Gasteiger charge is -2.47. The Balaban J connectivity index is 2.05. The largest absolute Gasteiger partial charge is 0.584 e. The summed E-state index contributed by atoms with van der Waals surface area (Å²) in [6.07, 6.45) is 17.3. The molecule has 0 amide bonds. The minimum atomic E-state index is -4.42. The molecule has 228 valence electrons. The average Bonchev–Trinajstić information content (AvgIpc) is 2.86. The van der Waals surface area contributed by atoms with Crippen molar-refractivity contribution < 1.29 is 23.2 Å². The number of ether oxygens (including phenoxy) is 1. The van der Waals surface area contributed by atoms with Gasteiger partial charge in [0.25, 0.3) is 0 Å². The number of rotatable bonds is 17. The van der Waals surface area contributed by atoms with Gasteiger partial charge in [0.1, 0.15) is 11.5 Å². The van der Waals surface area contributed by atoms with E-state index in [1.807, 2.05) is 18.2 Å². The summed E-state index contributed by atoms with van der Waals surface area (Å²) < 4.78 is 30.9. The molecule has 1 aliphatic rings. The van der Waals surface area contributed by atoms with E-state index < -0.39 is 13.4 Å². The number of phosphoric ester groups is 1. The van der Waals surface area contributed by atoms with Crippen molar-refractivity contribution in [2.45, 2.75) is 130 Å². The Morgan fingerprint density at radius 2 is 1.52 bits per heavy atom. The monoisotopic (exact) mass is 640 g/mol. The molecule has 0 saturated heterocycles. The molecule has 0 aliphatic heterocycles. The van der Waals surface area contributed by atoms with Gasteiger partial charge in [-0.15, -0.1) is 0 Å². The highest BCUT2D eigenvalue weighted by molar-refractivity contribution is 9.08. The van der Waals surface area contributed by atoms with Crippen molar-refractivity contribution in [2.75, 3.05) is 6.61 Å². The topological polar surface area (TPSA) is 65.0 Å². The first-order valence-corrected chi connectivity index (χ1v) is 17.8. The van der Waals surface area contributed by atoms with E-state index in [1.54, 1.807) is 18.2 Å². The van der Waals surface area contributed by atoms with Crippen LogP contribution in [0.25, 0.3) is 0 Å². The quantitative estimate of drug-likeness (QED) is 0.104. The molecule has 0 heterocycles. The van der Waals surface area contributed by atoms with Crippen LogP contribution in [-0.2, 0) is 19.2 Å². The van der Waals surface area contributed by atoms with E-state index in [4.69, 9.17) is 13.8 Å². The number of hydrogen-bond acceptors (Lipinski definition) is 4. The minimum absolute atomic E-state index is 0.181. The lowest BCUT2D eigenvalue weighted by molar-refractivity contribution is -0.0857. The van der Waals surface area contributed by atoms with E-state index in [1.165, 1.54) is 57.8 Å². The van der Waals surface area contributed by atoms with E-state index in [0.717, 1.165) is 17.6 Å². The van der Waals surface area contributed by atoms with Crippen LogP contribution in [0.2, 0.25) is 0 Å². The lowest BCUT2D eigenvalue weighted by Crippen LogP contribution is -2.46. The van der Waals surface area contributed by atoms with Gasteiger partial charge in [-0.05, 0) is 52.7 Å². The van der Waals surface area contributed by atoms with E-state index in [-0.39, 0.29) is 10.8 Å². The molecule has 1 N–H and O–H groups in total. The van der Waals surface area contributed by atoms with Crippen LogP contribution in [0.5, 0.6) is 5.75 Å². The summed E-state index contributed by atoms with van der Waals surface area (Å²) in [4.78, 5) is 10.7. The molecule has 7 heteroatoms. The summed E-state index contributed by atoms with van der Waals surface area (Å²) in [5, 5.41) is 0.622. The van der Waals surface area contributed by atoms with Crippen LogP contribution < -0.4 is 4.52 Å². The summed E-state index contributed by atoms with van der Waals surface area (Å²) in [5.41, 5.74) is 0.873. The molecule has 0 bridgehead atoms. The molecular formula is C33H54BrO5P. The predicted octanol–water partition coefficient (Wildman–Crippen LogP) is 11.1.